The van der Waals surface area contributed by atoms with E-state index in [0.29, 0.717) is 27.8 Å². The van der Waals surface area contributed by atoms with Gasteiger partial charge in [-0.15, -0.1) is 11.3 Å². The average Bonchev–Trinajstić information content (AvgIpc) is 3.41. The fourth-order valence-electron chi connectivity index (χ4n) is 5.22. The first-order valence-corrected chi connectivity index (χ1v) is 10.5. The van der Waals surface area contributed by atoms with Crippen molar-refractivity contribution in [2.75, 3.05) is 19.8 Å². The number of hydrogen-bond acceptors (Lipinski definition) is 5. The summed E-state index contributed by atoms with van der Waals surface area (Å²) < 4.78 is 11.7. The van der Waals surface area contributed by atoms with Crippen molar-refractivity contribution in [1.29, 1.82) is 0 Å². The lowest BCUT2D eigenvalue weighted by atomic mass is 9.71. The Hall–Kier alpha value is -1.37. The number of carbonyl (C=O) groups is 1. The van der Waals surface area contributed by atoms with Gasteiger partial charge in [-0.25, -0.2) is 0 Å². The van der Waals surface area contributed by atoms with Gasteiger partial charge in [-0.3, -0.25) is 4.79 Å². The molecule has 2 aromatic heterocycles. The molecule has 0 radical (unpaired) electrons. The molecule has 26 heavy (non-hydrogen) atoms. The Morgan fingerprint density at radius 1 is 1.31 bits per heavy atom. The van der Waals surface area contributed by atoms with E-state index in [4.69, 9.17) is 20.9 Å². The van der Waals surface area contributed by atoms with Crippen molar-refractivity contribution in [2.24, 2.45) is 11.3 Å². The van der Waals surface area contributed by atoms with E-state index >= 15 is 0 Å². The molecule has 1 saturated carbocycles. The number of carbonyl (C=O) groups excluding carboxylic acids is 1. The Labute approximate surface area is 161 Å². The number of hydrogen-bond donors (Lipinski definition) is 0. The molecular formula is C19H21ClN2O3S. The summed E-state index contributed by atoms with van der Waals surface area (Å²) in [5.74, 6) is 1.22. The third-order valence-corrected chi connectivity index (χ3v) is 7.69. The maximum absolute atomic E-state index is 13.2. The molecule has 1 amide bonds. The molecule has 0 unspecified atom stereocenters. The second-order valence-corrected chi connectivity index (χ2v) is 9.41. The molecule has 0 N–H and O–H groups in total. The minimum absolute atomic E-state index is 0.00270. The molecule has 1 aliphatic carbocycles. The van der Waals surface area contributed by atoms with Crippen LogP contribution in [0.5, 0.6) is 0 Å². The predicted octanol–water partition coefficient (Wildman–Crippen LogP) is 4.48. The Morgan fingerprint density at radius 3 is 2.92 bits per heavy atom. The minimum Gasteiger partial charge on any atom is -0.381 e. The van der Waals surface area contributed by atoms with E-state index in [0.717, 1.165) is 43.9 Å². The molecule has 2 aromatic rings. The Kier molecular flexibility index (Phi) is 4.10. The van der Waals surface area contributed by atoms with Gasteiger partial charge in [0.2, 0.25) is 0 Å². The highest BCUT2D eigenvalue weighted by molar-refractivity contribution is 7.19. The number of amides is 1. The Morgan fingerprint density at radius 2 is 2.15 bits per heavy atom. The van der Waals surface area contributed by atoms with E-state index in [1.807, 2.05) is 12.1 Å². The van der Waals surface area contributed by atoms with E-state index in [1.165, 1.54) is 24.2 Å². The number of fused-ring (bicyclic) bond motifs is 2. The van der Waals surface area contributed by atoms with Crippen LogP contribution in [0.1, 0.15) is 42.6 Å². The SMILES string of the molecule is O=C(c1cc(-c2ccc(Cl)s2)on1)N1CC2(CCOCC2)[C@@H]2CCC[C@@H]21. The Bertz CT molecular complexity index is 826. The molecule has 1 spiro atoms. The van der Waals surface area contributed by atoms with Gasteiger partial charge in [0.15, 0.2) is 11.5 Å². The van der Waals surface area contributed by atoms with Crippen molar-refractivity contribution in [3.05, 3.63) is 28.2 Å². The zero-order valence-electron chi connectivity index (χ0n) is 14.4. The fraction of sp³-hybridized carbons (Fsp3) is 0.579. The number of ether oxygens (including phenoxy) is 1. The highest BCUT2D eigenvalue weighted by atomic mass is 35.5. The fourth-order valence-corrected chi connectivity index (χ4v) is 6.21. The highest BCUT2D eigenvalue weighted by Crippen LogP contribution is 2.54. The van der Waals surface area contributed by atoms with Gasteiger partial charge in [-0.05, 0) is 49.1 Å². The summed E-state index contributed by atoms with van der Waals surface area (Å²) in [5.41, 5.74) is 0.641. The summed E-state index contributed by atoms with van der Waals surface area (Å²) >= 11 is 7.42. The van der Waals surface area contributed by atoms with E-state index in [2.05, 4.69) is 10.1 Å². The van der Waals surface area contributed by atoms with Gasteiger partial charge in [0.25, 0.3) is 5.91 Å². The number of rotatable bonds is 2. The van der Waals surface area contributed by atoms with Crippen molar-refractivity contribution in [1.82, 2.24) is 10.1 Å². The summed E-state index contributed by atoms with van der Waals surface area (Å²) in [6.07, 6.45) is 5.67. The zero-order chi connectivity index (χ0) is 17.7. The molecule has 2 aliphatic heterocycles. The van der Waals surface area contributed by atoms with Crippen molar-refractivity contribution >= 4 is 28.8 Å². The lowest BCUT2D eigenvalue weighted by Gasteiger charge is -2.37. The lowest BCUT2D eigenvalue weighted by molar-refractivity contribution is -0.00103. The quantitative estimate of drug-likeness (QED) is 0.756. The summed E-state index contributed by atoms with van der Waals surface area (Å²) in [6, 6.07) is 5.81. The van der Waals surface area contributed by atoms with Crippen molar-refractivity contribution in [2.45, 2.75) is 38.1 Å². The zero-order valence-corrected chi connectivity index (χ0v) is 16.0. The van der Waals surface area contributed by atoms with Gasteiger partial charge in [0, 0.05) is 31.9 Å². The number of thiophene rings is 1. The number of aromatic nitrogens is 1. The smallest absolute Gasteiger partial charge is 0.276 e. The molecule has 3 fully saturated rings. The molecule has 138 valence electrons. The van der Waals surface area contributed by atoms with Crippen molar-refractivity contribution < 1.29 is 14.1 Å². The third kappa shape index (κ3) is 2.62. The van der Waals surface area contributed by atoms with Gasteiger partial charge in [-0.1, -0.05) is 23.2 Å². The second kappa shape index (κ2) is 6.36. The van der Waals surface area contributed by atoms with E-state index < -0.39 is 0 Å². The highest BCUT2D eigenvalue weighted by Gasteiger charge is 2.55. The van der Waals surface area contributed by atoms with E-state index in [9.17, 15) is 4.79 Å². The van der Waals surface area contributed by atoms with Crippen LogP contribution in [0.15, 0.2) is 22.7 Å². The van der Waals surface area contributed by atoms with Gasteiger partial charge >= 0.3 is 0 Å². The van der Waals surface area contributed by atoms with Gasteiger partial charge in [0.1, 0.15) is 0 Å². The number of halogens is 1. The van der Waals surface area contributed by atoms with Gasteiger partial charge < -0.3 is 14.2 Å². The molecule has 0 aromatic carbocycles. The van der Waals surface area contributed by atoms with Crippen LogP contribution in [0.2, 0.25) is 4.34 Å². The van der Waals surface area contributed by atoms with Gasteiger partial charge in [0.05, 0.1) is 9.21 Å². The molecule has 4 heterocycles. The average molecular weight is 393 g/mol. The third-order valence-electron chi connectivity index (χ3n) is 6.45. The molecule has 2 atom stereocenters. The molecule has 0 bridgehead atoms. The Balaban J connectivity index is 1.41. The molecule has 7 heteroatoms. The van der Waals surface area contributed by atoms with Crippen LogP contribution in [0.4, 0.5) is 0 Å². The van der Waals surface area contributed by atoms with Crippen molar-refractivity contribution in [3.8, 4) is 10.6 Å². The maximum atomic E-state index is 13.2. The van der Waals surface area contributed by atoms with Crippen LogP contribution in [0.25, 0.3) is 10.6 Å². The summed E-state index contributed by atoms with van der Waals surface area (Å²) in [6.45, 7) is 2.47. The first kappa shape index (κ1) is 16.8. The molecule has 5 nitrogen and oxygen atoms in total. The summed E-state index contributed by atoms with van der Waals surface area (Å²) in [4.78, 5) is 16.2. The molecular weight excluding hydrogens is 372 g/mol. The van der Waals surface area contributed by atoms with Crippen LogP contribution in [-0.2, 0) is 4.74 Å². The van der Waals surface area contributed by atoms with Crippen molar-refractivity contribution in [3.63, 3.8) is 0 Å². The lowest BCUT2D eigenvalue weighted by Crippen LogP contribution is -2.38. The minimum atomic E-state index is 0.00270. The van der Waals surface area contributed by atoms with Crippen LogP contribution in [-0.4, -0.2) is 41.8 Å². The number of nitrogens with zero attached hydrogens (tertiary/aromatic N) is 2. The summed E-state index contributed by atoms with van der Waals surface area (Å²) in [7, 11) is 0. The van der Waals surface area contributed by atoms with Gasteiger partial charge in [-0.2, -0.15) is 0 Å². The van der Waals surface area contributed by atoms with Crippen LogP contribution in [0.3, 0.4) is 0 Å². The maximum Gasteiger partial charge on any atom is 0.276 e. The molecule has 3 aliphatic rings. The van der Waals surface area contributed by atoms with E-state index in [-0.39, 0.29) is 11.3 Å². The van der Waals surface area contributed by atoms with Crippen LogP contribution < -0.4 is 0 Å². The molecule has 5 rings (SSSR count). The number of likely N-dealkylation sites (tertiary alicyclic amines) is 1. The second-order valence-electron chi connectivity index (χ2n) is 7.69. The predicted molar refractivity (Wildman–Crippen MR) is 99.5 cm³/mol. The first-order chi connectivity index (χ1) is 12.7. The molecule has 2 saturated heterocycles. The largest absolute Gasteiger partial charge is 0.381 e. The van der Waals surface area contributed by atoms with Crippen LogP contribution in [0, 0.1) is 11.3 Å². The monoisotopic (exact) mass is 392 g/mol. The van der Waals surface area contributed by atoms with Crippen LogP contribution >= 0.6 is 22.9 Å². The summed E-state index contributed by atoms with van der Waals surface area (Å²) in [5, 5.41) is 4.07. The van der Waals surface area contributed by atoms with E-state index in [1.54, 1.807) is 6.07 Å². The first-order valence-electron chi connectivity index (χ1n) is 9.27. The topological polar surface area (TPSA) is 55.6 Å². The normalized spacial score (nSPS) is 27.2. The standard InChI is InChI=1S/C19H21ClN2O3S/c20-17-5-4-16(26-17)15-10-13(21-25-15)18(23)22-11-19(6-8-24-9-7-19)12-2-1-3-14(12)22/h4-5,10,12,14H,1-3,6-9,11H2/t12-,14+/m1/s1.